The molecule has 0 aliphatic heterocycles. The molecule has 4 nitrogen and oxygen atoms in total. The van der Waals surface area contributed by atoms with E-state index in [1.165, 1.54) is 17.8 Å². The van der Waals surface area contributed by atoms with E-state index in [0.717, 1.165) is 0 Å². The number of hydrogen-bond acceptors (Lipinski definition) is 3. The van der Waals surface area contributed by atoms with E-state index < -0.39 is 0 Å². The van der Waals surface area contributed by atoms with Gasteiger partial charge in [-0.05, 0) is 24.3 Å². The van der Waals surface area contributed by atoms with Gasteiger partial charge >= 0.3 is 0 Å². The van der Waals surface area contributed by atoms with Crippen LogP contribution in [0.2, 0.25) is 10.0 Å². The fourth-order valence-electron chi connectivity index (χ4n) is 1.61. The van der Waals surface area contributed by atoms with Crippen LogP contribution in [0.5, 0.6) is 0 Å². The first-order chi connectivity index (χ1) is 8.52. The summed E-state index contributed by atoms with van der Waals surface area (Å²) in [6.45, 7) is -0.340. The highest BCUT2D eigenvalue weighted by molar-refractivity contribution is 6.36. The van der Waals surface area contributed by atoms with E-state index in [1.807, 2.05) is 0 Å². The third kappa shape index (κ3) is 2.41. The number of aromatic nitrogens is 2. The summed E-state index contributed by atoms with van der Waals surface area (Å²) < 4.78 is 1.17. The van der Waals surface area contributed by atoms with E-state index in [-0.39, 0.29) is 17.7 Å². The molecule has 1 heterocycles. The Kier molecular flexibility index (Phi) is 3.71. The van der Waals surface area contributed by atoms with Crippen molar-refractivity contribution < 1.29 is 5.11 Å². The maximum absolute atomic E-state index is 11.6. The highest BCUT2D eigenvalue weighted by Gasteiger charge is 2.10. The van der Waals surface area contributed by atoms with E-state index >= 15 is 0 Å². The number of halogens is 2. The number of nitrogens with zero attached hydrogens (tertiary/aromatic N) is 2. The van der Waals surface area contributed by atoms with E-state index in [2.05, 4.69) is 5.10 Å². The van der Waals surface area contributed by atoms with Gasteiger partial charge < -0.3 is 5.11 Å². The average Bonchev–Trinajstić information content (AvgIpc) is 2.32. The first kappa shape index (κ1) is 13.1. The predicted octanol–water partition coefficient (Wildman–Crippen LogP) is 2.25. The van der Waals surface area contributed by atoms with Crippen LogP contribution in [0, 0.1) is 0 Å². The molecule has 0 amide bonds. The van der Waals surface area contributed by atoms with Crippen molar-refractivity contribution in [2.45, 2.75) is 6.61 Å². The lowest BCUT2D eigenvalue weighted by atomic mass is 10.1. The summed E-state index contributed by atoms with van der Waals surface area (Å²) in [4.78, 5) is 11.6. The van der Waals surface area contributed by atoms with Gasteiger partial charge in [-0.2, -0.15) is 5.10 Å². The number of aliphatic hydroxyl groups excluding tert-OH is 1. The van der Waals surface area contributed by atoms with Crippen molar-refractivity contribution >= 4 is 23.2 Å². The fraction of sp³-hybridized carbons (Fsp3) is 0.167. The largest absolute Gasteiger partial charge is 0.391 e. The SMILES string of the molecule is Cn1nc(-c2ccc(Cl)cc2Cl)cc(CO)c1=O. The van der Waals surface area contributed by atoms with Crippen molar-refractivity contribution in [2.75, 3.05) is 0 Å². The summed E-state index contributed by atoms with van der Waals surface area (Å²) in [5, 5.41) is 14.2. The number of benzene rings is 1. The molecule has 0 spiro atoms. The molecule has 0 aliphatic carbocycles. The molecule has 1 aromatic heterocycles. The van der Waals surface area contributed by atoms with Crippen LogP contribution < -0.4 is 5.56 Å². The zero-order valence-corrected chi connectivity index (χ0v) is 11.0. The molecule has 0 atom stereocenters. The van der Waals surface area contributed by atoms with Gasteiger partial charge in [-0.1, -0.05) is 23.2 Å². The number of hydrogen-bond donors (Lipinski definition) is 1. The van der Waals surface area contributed by atoms with Gasteiger partial charge in [0.25, 0.3) is 5.56 Å². The molecule has 2 aromatic rings. The molecule has 0 fully saturated rings. The number of aryl methyl sites for hydroxylation is 1. The average molecular weight is 285 g/mol. The Morgan fingerprint density at radius 2 is 2.06 bits per heavy atom. The zero-order chi connectivity index (χ0) is 13.3. The van der Waals surface area contributed by atoms with E-state index in [4.69, 9.17) is 28.3 Å². The second-order valence-corrected chi connectivity index (χ2v) is 4.61. The van der Waals surface area contributed by atoms with Crippen molar-refractivity contribution in [2.24, 2.45) is 7.05 Å². The Morgan fingerprint density at radius 1 is 1.33 bits per heavy atom. The van der Waals surface area contributed by atoms with E-state index in [9.17, 15) is 4.79 Å². The summed E-state index contributed by atoms with van der Waals surface area (Å²) >= 11 is 11.9. The topological polar surface area (TPSA) is 55.1 Å². The Balaban J connectivity index is 2.64. The minimum absolute atomic E-state index is 0.272. The lowest BCUT2D eigenvalue weighted by Crippen LogP contribution is -2.23. The van der Waals surface area contributed by atoms with Gasteiger partial charge in [-0.15, -0.1) is 0 Å². The number of aliphatic hydroxyl groups is 1. The molecule has 1 N–H and O–H groups in total. The lowest BCUT2D eigenvalue weighted by Gasteiger charge is -2.07. The third-order valence-corrected chi connectivity index (χ3v) is 3.06. The van der Waals surface area contributed by atoms with Crippen LogP contribution in [-0.2, 0) is 13.7 Å². The molecular weight excluding hydrogens is 275 g/mol. The Morgan fingerprint density at radius 3 is 2.67 bits per heavy atom. The van der Waals surface area contributed by atoms with E-state index in [1.54, 1.807) is 18.2 Å². The van der Waals surface area contributed by atoms with E-state index in [0.29, 0.717) is 21.3 Å². The molecule has 0 radical (unpaired) electrons. The van der Waals surface area contributed by atoms with Crippen LogP contribution in [0.15, 0.2) is 29.1 Å². The Hall–Kier alpha value is -1.36. The highest BCUT2D eigenvalue weighted by atomic mass is 35.5. The summed E-state index contributed by atoms with van der Waals surface area (Å²) in [6, 6.07) is 6.54. The molecule has 2 rings (SSSR count). The molecule has 0 bridgehead atoms. The molecule has 0 saturated carbocycles. The van der Waals surface area contributed by atoms with Crippen LogP contribution in [0.4, 0.5) is 0 Å². The monoisotopic (exact) mass is 284 g/mol. The summed E-state index contributed by atoms with van der Waals surface area (Å²) in [5.74, 6) is 0. The molecule has 0 aliphatic rings. The second-order valence-electron chi connectivity index (χ2n) is 3.77. The molecule has 94 valence electrons. The van der Waals surface area contributed by atoms with Crippen molar-refractivity contribution in [3.8, 4) is 11.3 Å². The van der Waals surface area contributed by atoms with Gasteiger partial charge in [0.15, 0.2) is 0 Å². The molecule has 18 heavy (non-hydrogen) atoms. The smallest absolute Gasteiger partial charge is 0.272 e. The first-order valence-corrected chi connectivity index (χ1v) is 5.92. The Bertz CT molecular complexity index is 653. The maximum Gasteiger partial charge on any atom is 0.272 e. The highest BCUT2D eigenvalue weighted by Crippen LogP contribution is 2.28. The standard InChI is InChI=1S/C12H10Cl2N2O2/c1-16-12(18)7(6-17)4-11(15-16)9-3-2-8(13)5-10(9)14/h2-5,17H,6H2,1H3. The van der Waals surface area contributed by atoms with Gasteiger partial charge in [0, 0.05) is 23.2 Å². The molecular formula is C12H10Cl2N2O2. The quantitative estimate of drug-likeness (QED) is 0.920. The van der Waals surface area contributed by atoms with Gasteiger partial charge in [-0.25, -0.2) is 4.68 Å². The van der Waals surface area contributed by atoms with Gasteiger partial charge in [0.2, 0.25) is 0 Å². The van der Waals surface area contributed by atoms with Crippen LogP contribution in [0.1, 0.15) is 5.56 Å². The normalized spacial score (nSPS) is 10.7. The third-order valence-electron chi connectivity index (χ3n) is 2.51. The van der Waals surface area contributed by atoms with Crippen LogP contribution in [0.3, 0.4) is 0 Å². The summed E-state index contributed by atoms with van der Waals surface area (Å²) in [5.41, 5.74) is 1.12. The van der Waals surface area contributed by atoms with Crippen molar-refractivity contribution in [3.63, 3.8) is 0 Å². The van der Waals surface area contributed by atoms with Gasteiger partial charge in [0.05, 0.1) is 17.3 Å². The minimum atomic E-state index is -0.340. The van der Waals surface area contributed by atoms with Crippen LogP contribution >= 0.6 is 23.2 Å². The lowest BCUT2D eigenvalue weighted by molar-refractivity contribution is 0.279. The molecule has 0 unspecified atom stereocenters. The molecule has 1 aromatic carbocycles. The van der Waals surface area contributed by atoms with Crippen LogP contribution in [-0.4, -0.2) is 14.9 Å². The number of rotatable bonds is 2. The zero-order valence-electron chi connectivity index (χ0n) is 9.52. The van der Waals surface area contributed by atoms with Crippen molar-refractivity contribution in [1.29, 1.82) is 0 Å². The molecule has 6 heteroatoms. The second kappa shape index (κ2) is 5.10. The first-order valence-electron chi connectivity index (χ1n) is 5.16. The fourth-order valence-corrected chi connectivity index (χ4v) is 2.12. The van der Waals surface area contributed by atoms with Gasteiger partial charge in [-0.3, -0.25) is 4.79 Å². The predicted molar refractivity (Wildman–Crippen MR) is 70.9 cm³/mol. The maximum atomic E-state index is 11.6. The summed E-state index contributed by atoms with van der Waals surface area (Å²) in [7, 11) is 1.52. The van der Waals surface area contributed by atoms with Crippen molar-refractivity contribution in [3.05, 3.63) is 50.2 Å². The summed E-state index contributed by atoms with van der Waals surface area (Å²) in [6.07, 6.45) is 0. The minimum Gasteiger partial charge on any atom is -0.391 e. The van der Waals surface area contributed by atoms with Crippen molar-refractivity contribution in [1.82, 2.24) is 9.78 Å². The van der Waals surface area contributed by atoms with Gasteiger partial charge in [0.1, 0.15) is 0 Å². The van der Waals surface area contributed by atoms with Crippen LogP contribution in [0.25, 0.3) is 11.3 Å². The molecule has 0 saturated heterocycles. The Labute approximate surface area is 113 Å².